The van der Waals surface area contributed by atoms with Crippen molar-refractivity contribution >= 4 is 33.9 Å². The van der Waals surface area contributed by atoms with Crippen LogP contribution >= 0.6 is 11.3 Å². The van der Waals surface area contributed by atoms with Crippen LogP contribution in [0.5, 0.6) is 17.2 Å². The summed E-state index contributed by atoms with van der Waals surface area (Å²) in [5.41, 5.74) is 0.923. The van der Waals surface area contributed by atoms with Gasteiger partial charge >= 0.3 is 5.91 Å². The van der Waals surface area contributed by atoms with E-state index in [1.165, 1.54) is 23.3 Å². The van der Waals surface area contributed by atoms with E-state index in [1.807, 2.05) is 0 Å². The monoisotopic (exact) mass is 450 g/mol. The predicted octanol–water partition coefficient (Wildman–Crippen LogP) is 3.55. The molecule has 1 fully saturated rings. The van der Waals surface area contributed by atoms with E-state index in [9.17, 15) is 14.7 Å². The summed E-state index contributed by atoms with van der Waals surface area (Å²) in [6.45, 7) is 0.822. The molecular formula is C23H18N2O6S. The number of hydrogen-bond acceptors (Lipinski definition) is 8. The maximum absolute atomic E-state index is 13.1. The van der Waals surface area contributed by atoms with Gasteiger partial charge in [0.15, 0.2) is 16.6 Å². The number of thiazole rings is 1. The SMILES string of the molecule is COc1cccc(C2C(=C(O)c3ccc4c(c3)OCCO4)C(=O)C(=O)N2c2nccs2)c1. The molecule has 1 aromatic heterocycles. The van der Waals surface area contributed by atoms with E-state index in [0.29, 0.717) is 46.7 Å². The zero-order valence-electron chi connectivity index (χ0n) is 17.0. The highest BCUT2D eigenvalue weighted by molar-refractivity contribution is 7.14. The van der Waals surface area contributed by atoms with Crippen LogP contribution in [-0.4, -0.2) is 42.1 Å². The number of benzene rings is 2. The largest absolute Gasteiger partial charge is 0.507 e. The highest BCUT2D eigenvalue weighted by Crippen LogP contribution is 2.44. The van der Waals surface area contributed by atoms with Gasteiger partial charge in [-0.25, -0.2) is 4.98 Å². The lowest BCUT2D eigenvalue weighted by molar-refractivity contribution is -0.132. The number of hydrogen-bond donors (Lipinski definition) is 1. The van der Waals surface area contributed by atoms with Gasteiger partial charge in [0.2, 0.25) is 0 Å². The molecule has 0 spiro atoms. The van der Waals surface area contributed by atoms with Crippen molar-refractivity contribution in [2.24, 2.45) is 0 Å². The van der Waals surface area contributed by atoms with Crippen LogP contribution in [0.3, 0.4) is 0 Å². The summed E-state index contributed by atoms with van der Waals surface area (Å²) in [5, 5.41) is 13.3. The first kappa shape index (κ1) is 20.1. The number of aliphatic hydroxyl groups is 1. The van der Waals surface area contributed by atoms with Crippen molar-refractivity contribution in [1.29, 1.82) is 0 Å². The molecule has 1 amide bonds. The standard InChI is InChI=1S/C23H18N2O6S/c1-29-15-4-2-3-13(11-15)19-18(21(27)22(28)25(19)23-24-7-10-32-23)20(26)14-5-6-16-17(12-14)31-9-8-30-16/h2-7,10-12,19,26H,8-9H2,1H3. The van der Waals surface area contributed by atoms with E-state index in [-0.39, 0.29) is 11.3 Å². The average Bonchev–Trinajstić information content (AvgIpc) is 3.45. The lowest BCUT2D eigenvalue weighted by atomic mass is 9.95. The maximum atomic E-state index is 13.1. The van der Waals surface area contributed by atoms with Crippen molar-refractivity contribution in [3.05, 3.63) is 70.7 Å². The number of rotatable bonds is 4. The van der Waals surface area contributed by atoms with E-state index in [0.717, 1.165) is 0 Å². The van der Waals surface area contributed by atoms with E-state index in [1.54, 1.807) is 54.0 Å². The van der Waals surface area contributed by atoms with Crippen molar-refractivity contribution in [1.82, 2.24) is 4.98 Å². The third-order valence-electron chi connectivity index (χ3n) is 5.29. The maximum Gasteiger partial charge on any atom is 0.301 e. The molecule has 3 heterocycles. The minimum Gasteiger partial charge on any atom is -0.507 e. The first-order valence-electron chi connectivity index (χ1n) is 9.83. The smallest absolute Gasteiger partial charge is 0.301 e. The summed E-state index contributed by atoms with van der Waals surface area (Å²) in [5.74, 6) is -0.265. The Hall–Kier alpha value is -3.85. The van der Waals surface area contributed by atoms with Gasteiger partial charge in [0, 0.05) is 17.1 Å². The zero-order valence-corrected chi connectivity index (χ0v) is 17.8. The van der Waals surface area contributed by atoms with E-state index < -0.39 is 17.7 Å². The second-order valence-corrected chi connectivity index (χ2v) is 7.99. The minimum atomic E-state index is -0.871. The number of amides is 1. The summed E-state index contributed by atoms with van der Waals surface area (Å²) in [7, 11) is 1.53. The zero-order chi connectivity index (χ0) is 22.2. The molecule has 1 N–H and O–H groups in total. The Labute approximate surface area is 187 Å². The molecule has 162 valence electrons. The Morgan fingerprint density at radius 3 is 2.72 bits per heavy atom. The molecule has 2 aliphatic heterocycles. The third-order valence-corrected chi connectivity index (χ3v) is 6.07. The molecule has 32 heavy (non-hydrogen) atoms. The fourth-order valence-corrected chi connectivity index (χ4v) is 4.50. The summed E-state index contributed by atoms with van der Waals surface area (Å²) >= 11 is 1.23. The first-order chi connectivity index (χ1) is 15.6. The van der Waals surface area contributed by atoms with E-state index in [4.69, 9.17) is 14.2 Å². The Morgan fingerprint density at radius 1 is 1.16 bits per heavy atom. The molecule has 0 aliphatic carbocycles. The van der Waals surface area contributed by atoms with Crippen molar-refractivity contribution in [3.8, 4) is 17.2 Å². The molecule has 5 rings (SSSR count). The number of Topliss-reactive ketones (excluding diaryl/α,β-unsaturated/α-hetero) is 1. The van der Waals surface area contributed by atoms with Gasteiger partial charge in [-0.2, -0.15) is 0 Å². The second kappa shape index (κ2) is 8.01. The Morgan fingerprint density at radius 2 is 1.97 bits per heavy atom. The van der Waals surface area contributed by atoms with Crippen molar-refractivity contribution < 1.29 is 28.9 Å². The van der Waals surface area contributed by atoms with Crippen molar-refractivity contribution in [2.75, 3.05) is 25.2 Å². The van der Waals surface area contributed by atoms with Crippen LogP contribution in [0.25, 0.3) is 5.76 Å². The molecule has 1 saturated heterocycles. The van der Waals surface area contributed by atoms with Gasteiger partial charge < -0.3 is 19.3 Å². The van der Waals surface area contributed by atoms with Crippen LogP contribution in [0.4, 0.5) is 5.13 Å². The number of anilines is 1. The molecular weight excluding hydrogens is 432 g/mol. The Balaban J connectivity index is 1.69. The Bertz CT molecular complexity index is 1240. The van der Waals surface area contributed by atoms with Crippen LogP contribution in [0, 0.1) is 0 Å². The number of carbonyl (C=O) groups is 2. The minimum absolute atomic E-state index is 0.0323. The number of aromatic nitrogens is 1. The summed E-state index contributed by atoms with van der Waals surface area (Å²) in [6, 6.07) is 11.1. The van der Waals surface area contributed by atoms with Gasteiger partial charge in [-0.3, -0.25) is 14.5 Å². The van der Waals surface area contributed by atoms with Crippen LogP contribution in [0.1, 0.15) is 17.2 Å². The molecule has 0 radical (unpaired) electrons. The first-order valence-corrected chi connectivity index (χ1v) is 10.7. The van der Waals surface area contributed by atoms with Gasteiger partial charge in [0.1, 0.15) is 24.7 Å². The fourth-order valence-electron chi connectivity index (χ4n) is 3.84. The number of ether oxygens (including phenoxy) is 3. The van der Waals surface area contributed by atoms with Gasteiger partial charge in [-0.05, 0) is 35.9 Å². The molecule has 9 heteroatoms. The lowest BCUT2D eigenvalue weighted by Crippen LogP contribution is -2.29. The van der Waals surface area contributed by atoms with Crippen LogP contribution in [-0.2, 0) is 9.59 Å². The summed E-state index contributed by atoms with van der Waals surface area (Å²) in [4.78, 5) is 31.7. The average molecular weight is 450 g/mol. The molecule has 0 saturated carbocycles. The van der Waals surface area contributed by atoms with Crippen molar-refractivity contribution in [2.45, 2.75) is 6.04 Å². The van der Waals surface area contributed by atoms with Crippen LogP contribution in [0.15, 0.2) is 59.6 Å². The molecule has 1 atom stereocenters. The molecule has 1 unspecified atom stereocenters. The molecule has 0 bridgehead atoms. The number of nitrogens with zero attached hydrogens (tertiary/aromatic N) is 2. The summed E-state index contributed by atoms with van der Waals surface area (Å²) < 4.78 is 16.5. The second-order valence-electron chi connectivity index (χ2n) is 7.12. The number of fused-ring (bicyclic) bond motifs is 1. The van der Waals surface area contributed by atoms with Gasteiger partial charge in [0.05, 0.1) is 18.7 Å². The number of carbonyl (C=O) groups excluding carboxylic acids is 2. The van der Waals surface area contributed by atoms with Crippen LogP contribution in [0.2, 0.25) is 0 Å². The topological polar surface area (TPSA) is 98.2 Å². The van der Waals surface area contributed by atoms with E-state index in [2.05, 4.69) is 4.98 Å². The van der Waals surface area contributed by atoms with Crippen molar-refractivity contribution in [3.63, 3.8) is 0 Å². The normalized spacial score (nSPS) is 19.3. The quantitative estimate of drug-likeness (QED) is 0.369. The number of ketones is 1. The highest BCUT2D eigenvalue weighted by Gasteiger charge is 2.48. The van der Waals surface area contributed by atoms with Crippen LogP contribution < -0.4 is 19.1 Å². The fraction of sp³-hybridized carbons (Fsp3) is 0.174. The van der Waals surface area contributed by atoms with Gasteiger partial charge in [0.25, 0.3) is 5.78 Å². The molecule has 2 aliphatic rings. The summed E-state index contributed by atoms with van der Waals surface area (Å²) in [6.07, 6.45) is 1.56. The molecule has 8 nitrogen and oxygen atoms in total. The molecule has 2 aromatic carbocycles. The third kappa shape index (κ3) is 3.27. The Kier molecular flexibility index (Phi) is 5.02. The number of aliphatic hydroxyl groups excluding tert-OH is 1. The highest BCUT2D eigenvalue weighted by atomic mass is 32.1. The van der Waals surface area contributed by atoms with Gasteiger partial charge in [-0.15, -0.1) is 11.3 Å². The number of methoxy groups -OCH3 is 1. The predicted molar refractivity (Wildman–Crippen MR) is 117 cm³/mol. The van der Waals surface area contributed by atoms with Gasteiger partial charge in [-0.1, -0.05) is 12.1 Å². The van der Waals surface area contributed by atoms with E-state index >= 15 is 0 Å². The molecule has 3 aromatic rings. The lowest BCUT2D eigenvalue weighted by Gasteiger charge is -2.23.